The molecule has 2 amide bonds. The quantitative estimate of drug-likeness (QED) is 0.687. The summed E-state index contributed by atoms with van der Waals surface area (Å²) < 4.78 is 0. The van der Waals surface area contributed by atoms with Gasteiger partial charge < -0.3 is 16.0 Å². The molecule has 0 fully saturated rings. The first-order chi connectivity index (χ1) is 11.9. The maximum Gasteiger partial charge on any atom is 0.243 e. The summed E-state index contributed by atoms with van der Waals surface area (Å²) in [6.45, 7) is 4.14. The summed E-state index contributed by atoms with van der Waals surface area (Å²) in [6.07, 6.45) is 0.491. The molecule has 2 aromatic carbocycles. The van der Waals surface area contributed by atoms with Gasteiger partial charge in [-0.3, -0.25) is 9.59 Å². The Morgan fingerprint density at radius 2 is 1.32 bits per heavy atom. The van der Waals surface area contributed by atoms with Gasteiger partial charge in [-0.05, 0) is 54.4 Å². The van der Waals surface area contributed by atoms with Crippen molar-refractivity contribution in [3.05, 3.63) is 53.6 Å². The molecule has 3 N–H and O–H groups in total. The molecule has 5 nitrogen and oxygen atoms in total. The van der Waals surface area contributed by atoms with E-state index in [1.165, 1.54) is 0 Å². The van der Waals surface area contributed by atoms with Gasteiger partial charge in [0.2, 0.25) is 11.8 Å². The zero-order valence-corrected chi connectivity index (χ0v) is 15.1. The number of anilines is 3. The third-order valence-electron chi connectivity index (χ3n) is 3.34. The number of halogens is 1. The van der Waals surface area contributed by atoms with Crippen LogP contribution in [0.1, 0.15) is 20.3 Å². The average molecular weight is 360 g/mol. The largest absolute Gasteiger partial charge is 0.376 e. The molecule has 0 unspecified atom stereocenters. The van der Waals surface area contributed by atoms with Gasteiger partial charge in [-0.1, -0.05) is 25.4 Å². The Labute approximate surface area is 152 Å². The Hall–Kier alpha value is -2.53. The minimum absolute atomic E-state index is 0.00180. The zero-order chi connectivity index (χ0) is 18.2. The standard InChI is InChI=1S/C19H22ClN3O2/c1-13(2)11-18(24)22-17-9-7-15(8-10-17)21-12-19(25)23-16-5-3-14(20)4-6-16/h3-10,13,21H,11-12H2,1-2H3,(H,22,24)(H,23,25). The van der Waals surface area contributed by atoms with E-state index in [2.05, 4.69) is 16.0 Å². The van der Waals surface area contributed by atoms with E-state index in [9.17, 15) is 9.59 Å². The van der Waals surface area contributed by atoms with Crippen molar-refractivity contribution in [3.8, 4) is 0 Å². The van der Waals surface area contributed by atoms with Crippen LogP contribution >= 0.6 is 11.6 Å². The number of amides is 2. The fourth-order valence-electron chi connectivity index (χ4n) is 2.17. The Bertz CT molecular complexity index is 712. The first-order valence-corrected chi connectivity index (χ1v) is 8.49. The number of benzene rings is 2. The third kappa shape index (κ3) is 6.85. The molecular formula is C19H22ClN3O2. The number of carbonyl (C=O) groups excluding carboxylic acids is 2. The number of hydrogen-bond donors (Lipinski definition) is 3. The molecule has 0 atom stereocenters. The molecule has 0 saturated carbocycles. The van der Waals surface area contributed by atoms with Gasteiger partial charge in [-0.15, -0.1) is 0 Å². The monoisotopic (exact) mass is 359 g/mol. The summed E-state index contributed by atoms with van der Waals surface area (Å²) in [5, 5.41) is 9.28. The van der Waals surface area contributed by atoms with Crippen LogP contribution in [0.4, 0.5) is 17.1 Å². The highest BCUT2D eigenvalue weighted by Gasteiger charge is 2.06. The van der Waals surface area contributed by atoms with Crippen LogP contribution in [0.3, 0.4) is 0 Å². The van der Waals surface area contributed by atoms with Crippen molar-refractivity contribution in [2.24, 2.45) is 5.92 Å². The summed E-state index contributed by atoms with van der Waals surface area (Å²) >= 11 is 5.81. The van der Waals surface area contributed by atoms with Crippen LogP contribution in [0.2, 0.25) is 5.02 Å². The number of hydrogen-bond acceptors (Lipinski definition) is 3. The predicted molar refractivity (Wildman–Crippen MR) is 103 cm³/mol. The molecule has 0 heterocycles. The molecule has 0 aromatic heterocycles. The number of nitrogens with one attached hydrogen (secondary N) is 3. The molecule has 0 aliphatic rings. The molecule has 25 heavy (non-hydrogen) atoms. The average Bonchev–Trinajstić information content (AvgIpc) is 2.55. The lowest BCUT2D eigenvalue weighted by Crippen LogP contribution is -2.21. The first-order valence-electron chi connectivity index (χ1n) is 8.11. The summed E-state index contributed by atoms with van der Waals surface area (Å²) in [4.78, 5) is 23.7. The Morgan fingerprint density at radius 1 is 0.840 bits per heavy atom. The Morgan fingerprint density at radius 3 is 1.88 bits per heavy atom. The zero-order valence-electron chi connectivity index (χ0n) is 14.3. The van der Waals surface area contributed by atoms with E-state index >= 15 is 0 Å². The van der Waals surface area contributed by atoms with Crippen molar-refractivity contribution >= 4 is 40.5 Å². The second kappa shape index (κ2) is 9.08. The minimum Gasteiger partial charge on any atom is -0.376 e. The van der Waals surface area contributed by atoms with Crippen molar-refractivity contribution in [1.29, 1.82) is 0 Å². The van der Waals surface area contributed by atoms with Crippen LogP contribution in [0.25, 0.3) is 0 Å². The van der Waals surface area contributed by atoms with Crippen LogP contribution in [0, 0.1) is 5.92 Å². The molecule has 0 saturated heterocycles. The van der Waals surface area contributed by atoms with Crippen LogP contribution in [-0.2, 0) is 9.59 Å². The highest BCUT2D eigenvalue weighted by molar-refractivity contribution is 6.30. The van der Waals surface area contributed by atoms with Gasteiger partial charge in [0.05, 0.1) is 6.54 Å². The molecule has 2 rings (SSSR count). The summed E-state index contributed by atoms with van der Waals surface area (Å²) in [7, 11) is 0. The highest BCUT2D eigenvalue weighted by Crippen LogP contribution is 2.15. The molecule has 132 valence electrons. The lowest BCUT2D eigenvalue weighted by Gasteiger charge is -2.10. The predicted octanol–water partition coefficient (Wildman–Crippen LogP) is 4.38. The second-order valence-corrected chi connectivity index (χ2v) is 6.57. The van der Waals surface area contributed by atoms with Gasteiger partial charge in [0, 0.05) is 28.5 Å². The molecule has 0 aliphatic carbocycles. The fourth-order valence-corrected chi connectivity index (χ4v) is 2.30. The van der Waals surface area contributed by atoms with Crippen molar-refractivity contribution in [2.45, 2.75) is 20.3 Å². The Kier molecular flexibility index (Phi) is 6.83. The lowest BCUT2D eigenvalue weighted by molar-refractivity contribution is -0.117. The summed E-state index contributed by atoms with van der Waals surface area (Å²) in [5.41, 5.74) is 2.23. The number of rotatable bonds is 7. The second-order valence-electron chi connectivity index (χ2n) is 6.13. The van der Waals surface area contributed by atoms with E-state index < -0.39 is 0 Å². The van der Waals surface area contributed by atoms with Crippen molar-refractivity contribution in [3.63, 3.8) is 0 Å². The van der Waals surface area contributed by atoms with Gasteiger partial charge in [0.15, 0.2) is 0 Å². The highest BCUT2D eigenvalue weighted by atomic mass is 35.5. The normalized spacial score (nSPS) is 10.4. The van der Waals surface area contributed by atoms with E-state index in [1.54, 1.807) is 36.4 Å². The maximum absolute atomic E-state index is 11.9. The van der Waals surface area contributed by atoms with Crippen molar-refractivity contribution < 1.29 is 9.59 Å². The molecular weight excluding hydrogens is 338 g/mol. The summed E-state index contributed by atoms with van der Waals surface area (Å²) in [5.74, 6) is 0.162. The smallest absolute Gasteiger partial charge is 0.243 e. The van der Waals surface area contributed by atoms with E-state index in [4.69, 9.17) is 11.6 Å². The molecule has 6 heteroatoms. The third-order valence-corrected chi connectivity index (χ3v) is 3.60. The molecule has 0 bridgehead atoms. The van der Waals surface area contributed by atoms with E-state index in [0.717, 1.165) is 11.4 Å². The molecule has 0 spiro atoms. The first kappa shape index (κ1) is 18.8. The van der Waals surface area contributed by atoms with Crippen LogP contribution in [0.5, 0.6) is 0 Å². The van der Waals surface area contributed by atoms with Gasteiger partial charge in [0.25, 0.3) is 0 Å². The SMILES string of the molecule is CC(C)CC(=O)Nc1ccc(NCC(=O)Nc2ccc(Cl)cc2)cc1. The number of carbonyl (C=O) groups is 2. The molecule has 2 aromatic rings. The maximum atomic E-state index is 11.9. The van der Waals surface area contributed by atoms with Crippen molar-refractivity contribution in [1.82, 2.24) is 0 Å². The Balaban J connectivity index is 1.79. The van der Waals surface area contributed by atoms with Crippen LogP contribution in [0.15, 0.2) is 48.5 Å². The van der Waals surface area contributed by atoms with E-state index in [0.29, 0.717) is 23.0 Å². The van der Waals surface area contributed by atoms with E-state index in [1.807, 2.05) is 26.0 Å². The lowest BCUT2D eigenvalue weighted by atomic mass is 10.1. The summed E-state index contributed by atoms with van der Waals surface area (Å²) in [6, 6.07) is 14.2. The van der Waals surface area contributed by atoms with Crippen molar-refractivity contribution in [2.75, 3.05) is 22.5 Å². The van der Waals surface area contributed by atoms with Gasteiger partial charge in [0.1, 0.15) is 0 Å². The van der Waals surface area contributed by atoms with Gasteiger partial charge in [-0.2, -0.15) is 0 Å². The van der Waals surface area contributed by atoms with Gasteiger partial charge in [-0.25, -0.2) is 0 Å². The molecule has 0 aliphatic heterocycles. The van der Waals surface area contributed by atoms with Crippen LogP contribution < -0.4 is 16.0 Å². The van der Waals surface area contributed by atoms with Gasteiger partial charge >= 0.3 is 0 Å². The molecule has 0 radical (unpaired) electrons. The van der Waals surface area contributed by atoms with E-state index in [-0.39, 0.29) is 18.4 Å². The topological polar surface area (TPSA) is 70.2 Å². The minimum atomic E-state index is -0.156. The fraction of sp³-hybridized carbons (Fsp3) is 0.263. The van der Waals surface area contributed by atoms with Crippen LogP contribution in [-0.4, -0.2) is 18.4 Å².